The Labute approximate surface area is 124 Å². The van der Waals surface area contributed by atoms with Gasteiger partial charge in [-0.25, -0.2) is 4.79 Å². The van der Waals surface area contributed by atoms with E-state index in [1.54, 1.807) is 12.2 Å². The minimum absolute atomic E-state index is 0.232. The SMILES string of the molecule is CCCc1ccccc1NC(=O)NC1C=CC(C(=O)O)C1. The lowest BCUT2D eigenvalue weighted by Crippen LogP contribution is -2.36. The molecule has 112 valence electrons. The van der Waals surface area contributed by atoms with Crippen LogP contribution < -0.4 is 10.6 Å². The van der Waals surface area contributed by atoms with Crippen molar-refractivity contribution >= 4 is 17.7 Å². The first-order valence-electron chi connectivity index (χ1n) is 7.16. The zero-order chi connectivity index (χ0) is 15.2. The molecule has 0 saturated carbocycles. The molecule has 2 amide bonds. The molecule has 5 heteroatoms. The largest absolute Gasteiger partial charge is 0.481 e. The lowest BCUT2D eigenvalue weighted by molar-refractivity contribution is -0.140. The number of nitrogens with one attached hydrogen (secondary N) is 2. The van der Waals surface area contributed by atoms with E-state index < -0.39 is 11.9 Å². The van der Waals surface area contributed by atoms with Gasteiger partial charge >= 0.3 is 12.0 Å². The van der Waals surface area contributed by atoms with Gasteiger partial charge in [0.25, 0.3) is 0 Å². The van der Waals surface area contributed by atoms with Crippen LogP contribution in [0.15, 0.2) is 36.4 Å². The number of urea groups is 1. The van der Waals surface area contributed by atoms with E-state index in [4.69, 9.17) is 5.11 Å². The van der Waals surface area contributed by atoms with Crippen LogP contribution in [0.5, 0.6) is 0 Å². The van der Waals surface area contributed by atoms with Crippen LogP contribution in [0, 0.1) is 5.92 Å². The van der Waals surface area contributed by atoms with Gasteiger partial charge in [-0.2, -0.15) is 0 Å². The number of carboxylic acids is 1. The van der Waals surface area contributed by atoms with Gasteiger partial charge in [-0.05, 0) is 24.5 Å². The maximum Gasteiger partial charge on any atom is 0.319 e. The molecule has 1 aromatic carbocycles. The normalized spacial score (nSPS) is 20.2. The number of carboxylic acid groups (broad SMARTS) is 1. The Balaban J connectivity index is 1.91. The predicted octanol–water partition coefficient (Wildman–Crippen LogP) is 2.79. The summed E-state index contributed by atoms with van der Waals surface area (Å²) in [5, 5.41) is 14.5. The number of aryl methyl sites for hydroxylation is 1. The number of anilines is 1. The van der Waals surface area contributed by atoms with Crippen molar-refractivity contribution in [3.05, 3.63) is 42.0 Å². The molecule has 1 aromatic rings. The number of carbonyl (C=O) groups excluding carboxylic acids is 1. The van der Waals surface area contributed by atoms with Crippen molar-refractivity contribution in [2.24, 2.45) is 5.92 Å². The third kappa shape index (κ3) is 4.08. The molecule has 2 unspecified atom stereocenters. The van der Waals surface area contributed by atoms with Gasteiger partial charge in [0, 0.05) is 5.69 Å². The molecule has 5 nitrogen and oxygen atoms in total. The van der Waals surface area contributed by atoms with E-state index in [9.17, 15) is 9.59 Å². The van der Waals surface area contributed by atoms with Crippen LogP contribution in [-0.2, 0) is 11.2 Å². The molecule has 0 heterocycles. The minimum Gasteiger partial charge on any atom is -0.481 e. The Morgan fingerprint density at radius 3 is 2.71 bits per heavy atom. The lowest BCUT2D eigenvalue weighted by atomic mass is 10.1. The molecule has 2 atom stereocenters. The summed E-state index contributed by atoms with van der Waals surface area (Å²) >= 11 is 0. The molecule has 0 fully saturated rings. The van der Waals surface area contributed by atoms with Gasteiger partial charge in [0.2, 0.25) is 0 Å². The summed E-state index contributed by atoms with van der Waals surface area (Å²) in [6.45, 7) is 2.09. The van der Waals surface area contributed by atoms with Gasteiger partial charge in [0.1, 0.15) is 0 Å². The summed E-state index contributed by atoms with van der Waals surface area (Å²) in [6, 6.07) is 7.16. The van der Waals surface area contributed by atoms with Crippen molar-refractivity contribution in [3.8, 4) is 0 Å². The third-order valence-corrected chi connectivity index (χ3v) is 3.50. The maximum atomic E-state index is 12.0. The monoisotopic (exact) mass is 288 g/mol. The molecule has 0 saturated heterocycles. The van der Waals surface area contributed by atoms with Crippen molar-refractivity contribution in [2.45, 2.75) is 32.2 Å². The number of hydrogen-bond acceptors (Lipinski definition) is 2. The number of rotatable bonds is 5. The second-order valence-electron chi connectivity index (χ2n) is 5.18. The van der Waals surface area contributed by atoms with Gasteiger partial charge in [-0.15, -0.1) is 0 Å². The number of carbonyl (C=O) groups is 2. The van der Waals surface area contributed by atoms with E-state index in [0.717, 1.165) is 24.1 Å². The Bertz CT molecular complexity index is 554. The van der Waals surface area contributed by atoms with Crippen molar-refractivity contribution < 1.29 is 14.7 Å². The number of benzene rings is 1. The fourth-order valence-corrected chi connectivity index (χ4v) is 2.45. The van der Waals surface area contributed by atoms with Crippen LogP contribution in [0.25, 0.3) is 0 Å². The highest BCUT2D eigenvalue weighted by Crippen LogP contribution is 2.19. The standard InChI is InChI=1S/C16H20N2O3/c1-2-5-11-6-3-4-7-14(11)18-16(21)17-13-9-8-12(10-13)15(19)20/h3-4,6-9,12-13H,2,5,10H2,1H3,(H,19,20)(H2,17,18,21). The van der Waals surface area contributed by atoms with Gasteiger partial charge in [0.05, 0.1) is 12.0 Å². The number of aliphatic carboxylic acids is 1. The summed E-state index contributed by atoms with van der Waals surface area (Å²) in [4.78, 5) is 22.9. The number of para-hydroxylation sites is 1. The Kier molecular flexibility index (Phi) is 4.98. The van der Waals surface area contributed by atoms with Crippen LogP contribution >= 0.6 is 0 Å². The summed E-state index contributed by atoms with van der Waals surface area (Å²) in [5.41, 5.74) is 1.90. The first-order valence-corrected chi connectivity index (χ1v) is 7.16. The molecule has 0 aromatic heterocycles. The highest BCUT2D eigenvalue weighted by molar-refractivity contribution is 5.90. The van der Waals surface area contributed by atoms with Gasteiger partial charge in [0.15, 0.2) is 0 Å². The number of amides is 2. The smallest absolute Gasteiger partial charge is 0.319 e. The van der Waals surface area contributed by atoms with Crippen LogP contribution in [-0.4, -0.2) is 23.1 Å². The second kappa shape index (κ2) is 6.92. The van der Waals surface area contributed by atoms with E-state index in [2.05, 4.69) is 17.6 Å². The fraction of sp³-hybridized carbons (Fsp3) is 0.375. The average Bonchev–Trinajstić information content (AvgIpc) is 2.90. The molecule has 0 bridgehead atoms. The van der Waals surface area contributed by atoms with Gasteiger partial charge in [-0.1, -0.05) is 43.7 Å². The van der Waals surface area contributed by atoms with Crippen molar-refractivity contribution in [1.82, 2.24) is 5.32 Å². The average molecular weight is 288 g/mol. The van der Waals surface area contributed by atoms with E-state index in [1.165, 1.54) is 0 Å². The van der Waals surface area contributed by atoms with Crippen molar-refractivity contribution in [1.29, 1.82) is 0 Å². The Morgan fingerprint density at radius 2 is 2.05 bits per heavy atom. The molecule has 0 radical (unpaired) electrons. The van der Waals surface area contributed by atoms with E-state index in [1.807, 2.05) is 24.3 Å². The van der Waals surface area contributed by atoms with Crippen molar-refractivity contribution in [2.75, 3.05) is 5.32 Å². The summed E-state index contributed by atoms with van der Waals surface area (Å²) in [5.74, 6) is -1.37. The zero-order valence-electron chi connectivity index (χ0n) is 12.0. The Hall–Kier alpha value is -2.30. The van der Waals surface area contributed by atoms with Crippen LogP contribution in [0.4, 0.5) is 10.5 Å². The van der Waals surface area contributed by atoms with E-state index in [-0.39, 0.29) is 12.1 Å². The topological polar surface area (TPSA) is 78.4 Å². The van der Waals surface area contributed by atoms with E-state index >= 15 is 0 Å². The molecule has 21 heavy (non-hydrogen) atoms. The molecule has 3 N–H and O–H groups in total. The van der Waals surface area contributed by atoms with E-state index in [0.29, 0.717) is 6.42 Å². The summed E-state index contributed by atoms with van der Waals surface area (Å²) in [6.07, 6.45) is 5.67. The summed E-state index contributed by atoms with van der Waals surface area (Å²) in [7, 11) is 0. The number of hydrogen-bond donors (Lipinski definition) is 3. The fourth-order valence-electron chi connectivity index (χ4n) is 2.45. The molecular formula is C16H20N2O3. The first-order chi connectivity index (χ1) is 10.1. The van der Waals surface area contributed by atoms with Crippen molar-refractivity contribution in [3.63, 3.8) is 0 Å². The highest BCUT2D eigenvalue weighted by Gasteiger charge is 2.25. The molecule has 0 spiro atoms. The molecule has 1 aliphatic rings. The predicted molar refractivity (Wildman–Crippen MR) is 81.3 cm³/mol. The molecule has 1 aliphatic carbocycles. The second-order valence-corrected chi connectivity index (χ2v) is 5.18. The summed E-state index contributed by atoms with van der Waals surface area (Å²) < 4.78 is 0. The van der Waals surface area contributed by atoms with Crippen LogP contribution in [0.3, 0.4) is 0 Å². The van der Waals surface area contributed by atoms with Crippen LogP contribution in [0.1, 0.15) is 25.3 Å². The van der Waals surface area contributed by atoms with Crippen LogP contribution in [0.2, 0.25) is 0 Å². The first kappa shape index (κ1) is 15.1. The minimum atomic E-state index is -0.857. The molecule has 0 aliphatic heterocycles. The Morgan fingerprint density at radius 1 is 1.29 bits per heavy atom. The van der Waals surface area contributed by atoms with Gasteiger partial charge < -0.3 is 15.7 Å². The highest BCUT2D eigenvalue weighted by atomic mass is 16.4. The molecular weight excluding hydrogens is 268 g/mol. The zero-order valence-corrected chi connectivity index (χ0v) is 12.0. The lowest BCUT2D eigenvalue weighted by Gasteiger charge is -2.15. The molecule has 2 rings (SSSR count). The third-order valence-electron chi connectivity index (χ3n) is 3.50. The maximum absolute atomic E-state index is 12.0. The quantitative estimate of drug-likeness (QED) is 0.729. The van der Waals surface area contributed by atoms with Gasteiger partial charge in [-0.3, -0.25) is 4.79 Å².